The van der Waals surface area contributed by atoms with Crippen LogP contribution in [0.4, 0.5) is 0 Å². The van der Waals surface area contributed by atoms with Crippen LogP contribution in [0.3, 0.4) is 0 Å². The first-order valence-electron chi connectivity index (χ1n) is 12.0. The predicted molar refractivity (Wildman–Crippen MR) is 130 cm³/mol. The Morgan fingerprint density at radius 3 is 2.94 bits per heavy atom. The third-order valence-corrected chi connectivity index (χ3v) is 9.56. The van der Waals surface area contributed by atoms with Gasteiger partial charge in [-0.25, -0.2) is 5.43 Å². The van der Waals surface area contributed by atoms with Crippen molar-refractivity contribution in [3.05, 3.63) is 0 Å². The monoisotopic (exact) mass is 502 g/mol. The first-order valence-corrected chi connectivity index (χ1v) is 14.2. The highest BCUT2D eigenvalue weighted by molar-refractivity contribution is 8.17. The van der Waals surface area contributed by atoms with Crippen molar-refractivity contribution in [1.82, 2.24) is 37.6 Å². The Bertz CT molecular complexity index is 677. The summed E-state index contributed by atoms with van der Waals surface area (Å²) < 4.78 is 0.282. The molecular weight excluding hydrogens is 464 g/mol. The molecule has 0 aromatic heterocycles. The van der Waals surface area contributed by atoms with Gasteiger partial charge in [0.2, 0.25) is 11.8 Å². The molecule has 4 fully saturated rings. The number of hydroxylamine groups is 1. The van der Waals surface area contributed by atoms with E-state index >= 15 is 0 Å². The van der Waals surface area contributed by atoms with Crippen molar-refractivity contribution in [2.45, 2.75) is 79.6 Å². The van der Waals surface area contributed by atoms with Gasteiger partial charge in [0.05, 0.1) is 23.7 Å². The van der Waals surface area contributed by atoms with E-state index in [-0.39, 0.29) is 52.4 Å². The van der Waals surface area contributed by atoms with Gasteiger partial charge in [0.15, 0.2) is 0 Å². The number of hydrogen-bond acceptors (Lipinski definition) is 11. The van der Waals surface area contributed by atoms with Crippen molar-refractivity contribution >= 4 is 35.3 Å². The molecule has 3 heterocycles. The molecule has 33 heavy (non-hydrogen) atoms. The van der Waals surface area contributed by atoms with E-state index in [9.17, 15) is 9.59 Å². The molecule has 0 radical (unpaired) electrons. The van der Waals surface area contributed by atoms with Crippen molar-refractivity contribution in [2.24, 2.45) is 17.6 Å². The molecule has 4 aliphatic rings. The molecule has 0 aromatic carbocycles. The summed E-state index contributed by atoms with van der Waals surface area (Å²) in [6.07, 6.45) is 7.98. The summed E-state index contributed by atoms with van der Waals surface area (Å²) in [5, 5.41) is 13.4. The lowest BCUT2D eigenvalue weighted by Crippen LogP contribution is -2.64. The number of rotatable bonds is 10. The maximum atomic E-state index is 12.2. The number of hydrogen-bond donors (Lipinski definition) is 8. The standard InChI is InChI=1S/C20H38N8O3S2/c1-32-20-25-16(21)15(33-20)18-24-14(31-28-18)8-7-13(29)22-9-4-10-23-17-11-5-2-3-6-12(11)19(30)27-26-17/h11-12,14-18,20,23-26,28H,2-10,21H2,1H3,(H,22,29)(H,27,30). The summed E-state index contributed by atoms with van der Waals surface area (Å²) in [5.74, 6) is 0.607. The average molecular weight is 503 g/mol. The lowest BCUT2D eigenvalue weighted by molar-refractivity contribution is -0.134. The molecule has 3 saturated heterocycles. The van der Waals surface area contributed by atoms with Crippen LogP contribution in [0.1, 0.15) is 44.9 Å². The number of carbonyl (C=O) groups is 2. The van der Waals surface area contributed by atoms with Crippen LogP contribution in [-0.2, 0) is 14.4 Å². The summed E-state index contributed by atoms with van der Waals surface area (Å²) in [5.41, 5.74) is 15.1. The Balaban J connectivity index is 1.06. The molecule has 11 nitrogen and oxygen atoms in total. The van der Waals surface area contributed by atoms with Crippen LogP contribution in [0.2, 0.25) is 0 Å². The molecule has 1 saturated carbocycles. The van der Waals surface area contributed by atoms with Crippen molar-refractivity contribution in [2.75, 3.05) is 19.3 Å². The van der Waals surface area contributed by atoms with Crippen LogP contribution in [0.15, 0.2) is 0 Å². The SMILES string of the molecule is CSC1NC(N)C(C2NOC(CCC(=O)NCCCNC3NNC(=O)C4CCCCC34)N2)S1. The van der Waals surface area contributed by atoms with Crippen LogP contribution >= 0.6 is 23.5 Å². The molecule has 9 N–H and O–H groups in total. The van der Waals surface area contributed by atoms with Gasteiger partial charge >= 0.3 is 0 Å². The Hall–Kier alpha value is -0.640. The van der Waals surface area contributed by atoms with E-state index in [2.05, 4.69) is 43.9 Å². The second-order valence-electron chi connectivity index (χ2n) is 9.09. The second-order valence-corrected chi connectivity index (χ2v) is 11.6. The summed E-state index contributed by atoms with van der Waals surface area (Å²) in [6.45, 7) is 1.40. The molecule has 188 valence electrons. The summed E-state index contributed by atoms with van der Waals surface area (Å²) in [7, 11) is 0. The molecule has 3 aliphatic heterocycles. The van der Waals surface area contributed by atoms with Gasteiger partial charge in [-0.2, -0.15) is 5.48 Å². The fourth-order valence-electron chi connectivity index (χ4n) is 5.02. The largest absolute Gasteiger partial charge is 0.356 e. The van der Waals surface area contributed by atoms with E-state index in [0.717, 1.165) is 32.2 Å². The smallest absolute Gasteiger partial charge is 0.237 e. The Kier molecular flexibility index (Phi) is 9.53. The molecule has 1 aliphatic carbocycles. The first-order chi connectivity index (χ1) is 16.0. The van der Waals surface area contributed by atoms with Gasteiger partial charge < -0.3 is 16.4 Å². The molecule has 2 amide bonds. The van der Waals surface area contributed by atoms with E-state index in [4.69, 9.17) is 10.6 Å². The zero-order chi connectivity index (χ0) is 23.2. The molecule has 8 unspecified atom stereocenters. The fourth-order valence-corrected chi connectivity index (χ4v) is 7.20. The van der Waals surface area contributed by atoms with E-state index in [1.54, 1.807) is 23.5 Å². The minimum absolute atomic E-state index is 0.0234. The predicted octanol–water partition coefficient (Wildman–Crippen LogP) is -0.958. The molecular formula is C20H38N8O3S2. The van der Waals surface area contributed by atoms with Crippen LogP contribution in [-0.4, -0.2) is 65.8 Å². The van der Waals surface area contributed by atoms with Gasteiger partial charge in [-0.1, -0.05) is 12.8 Å². The lowest BCUT2D eigenvalue weighted by atomic mass is 9.76. The number of thioether (sulfide) groups is 2. The third kappa shape index (κ3) is 6.73. The van der Waals surface area contributed by atoms with Crippen LogP contribution < -0.4 is 43.3 Å². The molecule has 4 rings (SSSR count). The number of nitrogens with one attached hydrogen (secondary N) is 7. The van der Waals surface area contributed by atoms with E-state index in [1.165, 1.54) is 6.42 Å². The maximum absolute atomic E-state index is 12.2. The molecule has 0 spiro atoms. The van der Waals surface area contributed by atoms with Crippen LogP contribution in [0.25, 0.3) is 0 Å². The van der Waals surface area contributed by atoms with Crippen molar-refractivity contribution in [1.29, 1.82) is 0 Å². The van der Waals surface area contributed by atoms with Crippen molar-refractivity contribution in [3.63, 3.8) is 0 Å². The zero-order valence-corrected chi connectivity index (χ0v) is 20.7. The number of hydrazine groups is 1. The van der Waals surface area contributed by atoms with Crippen molar-refractivity contribution < 1.29 is 14.4 Å². The Morgan fingerprint density at radius 1 is 1.27 bits per heavy atom. The Morgan fingerprint density at radius 2 is 2.12 bits per heavy atom. The highest BCUT2D eigenvalue weighted by Gasteiger charge is 2.41. The highest BCUT2D eigenvalue weighted by atomic mass is 32.2. The topological polar surface area (TPSA) is 154 Å². The van der Waals surface area contributed by atoms with Crippen molar-refractivity contribution in [3.8, 4) is 0 Å². The van der Waals surface area contributed by atoms with E-state index in [1.807, 2.05) is 0 Å². The first kappa shape index (κ1) is 25.5. The molecule has 8 atom stereocenters. The number of amides is 2. The highest BCUT2D eigenvalue weighted by Crippen LogP contribution is 2.34. The van der Waals surface area contributed by atoms with Gasteiger partial charge in [-0.05, 0) is 38.5 Å². The summed E-state index contributed by atoms with van der Waals surface area (Å²) in [4.78, 5) is 29.9. The van der Waals surface area contributed by atoms with Gasteiger partial charge in [-0.3, -0.25) is 30.5 Å². The molecule has 13 heteroatoms. The second kappa shape index (κ2) is 12.4. The van der Waals surface area contributed by atoms with E-state index < -0.39 is 0 Å². The minimum atomic E-state index is -0.209. The normalized spacial score (nSPS) is 38.7. The molecule has 0 bridgehead atoms. The molecule has 0 aromatic rings. The summed E-state index contributed by atoms with van der Waals surface area (Å²) in [6, 6.07) is 0. The third-order valence-electron chi connectivity index (χ3n) is 6.82. The quantitative estimate of drug-likeness (QED) is 0.174. The number of carbonyl (C=O) groups excluding carboxylic acids is 2. The number of fused-ring (bicyclic) bond motifs is 1. The van der Waals surface area contributed by atoms with Crippen LogP contribution in [0.5, 0.6) is 0 Å². The number of nitrogens with two attached hydrogens (primary N) is 1. The summed E-state index contributed by atoms with van der Waals surface area (Å²) >= 11 is 3.52. The van der Waals surface area contributed by atoms with Gasteiger partial charge in [0.25, 0.3) is 0 Å². The van der Waals surface area contributed by atoms with Gasteiger partial charge in [-0.15, -0.1) is 23.5 Å². The average Bonchev–Trinajstić information content (AvgIpc) is 3.45. The fraction of sp³-hybridized carbons (Fsp3) is 0.900. The van der Waals surface area contributed by atoms with Gasteiger partial charge in [0, 0.05) is 24.8 Å². The van der Waals surface area contributed by atoms with Gasteiger partial charge in [0.1, 0.15) is 10.9 Å². The minimum Gasteiger partial charge on any atom is -0.356 e. The maximum Gasteiger partial charge on any atom is 0.237 e. The zero-order valence-electron chi connectivity index (χ0n) is 19.1. The van der Waals surface area contributed by atoms with E-state index in [0.29, 0.717) is 25.3 Å². The Labute approximate surface area is 203 Å². The lowest BCUT2D eigenvalue weighted by Gasteiger charge is -2.41. The van der Waals surface area contributed by atoms with Crippen LogP contribution in [0, 0.1) is 11.8 Å².